The van der Waals surface area contributed by atoms with Gasteiger partial charge in [-0.15, -0.1) is 0 Å². The fraction of sp³-hybridized carbons (Fsp3) is 0.400. The number of aromatic nitrogens is 1. The molecule has 0 atom stereocenters. The molecule has 0 unspecified atom stereocenters. The number of rotatable bonds is 7. The molecule has 0 spiro atoms. The van der Waals surface area contributed by atoms with Crippen LogP contribution in [0.25, 0.3) is 0 Å². The average molecular weight is 463 g/mol. The molecule has 10 heteroatoms. The molecule has 0 saturated heterocycles. The molecule has 0 bridgehead atoms. The van der Waals surface area contributed by atoms with Crippen molar-refractivity contribution in [2.24, 2.45) is 5.41 Å². The zero-order valence-corrected chi connectivity index (χ0v) is 18.5. The van der Waals surface area contributed by atoms with E-state index in [-0.39, 0.29) is 22.8 Å². The van der Waals surface area contributed by atoms with Crippen LogP contribution in [0.3, 0.4) is 0 Å². The summed E-state index contributed by atoms with van der Waals surface area (Å²) < 4.78 is 40.9. The van der Waals surface area contributed by atoms with Gasteiger partial charge in [-0.05, 0) is 43.8 Å². The molecule has 0 saturated carbocycles. The first-order valence-electron chi connectivity index (χ1n) is 9.01. The average Bonchev–Trinajstić information content (AvgIpc) is 2.60. The number of hydrogen-bond acceptors (Lipinski definition) is 4. The number of pyridine rings is 1. The summed E-state index contributed by atoms with van der Waals surface area (Å²) in [5.41, 5.74) is -1.62. The second kappa shape index (κ2) is 9.41. The normalized spacial score (nSPS) is 12.2. The Labute approximate surface area is 183 Å². The Morgan fingerprint density at radius 2 is 1.83 bits per heavy atom. The summed E-state index contributed by atoms with van der Waals surface area (Å²) in [6.45, 7) is 4.70. The Kier molecular flexibility index (Phi) is 7.60. The summed E-state index contributed by atoms with van der Waals surface area (Å²) in [6, 6.07) is 5.29. The lowest BCUT2D eigenvalue weighted by Gasteiger charge is -2.28. The first-order valence-corrected chi connectivity index (χ1v) is 9.76. The first-order chi connectivity index (χ1) is 13.8. The maximum absolute atomic E-state index is 13.6. The van der Waals surface area contributed by atoms with Gasteiger partial charge in [0.05, 0.1) is 21.8 Å². The number of anilines is 2. The molecule has 0 aliphatic heterocycles. The van der Waals surface area contributed by atoms with Gasteiger partial charge in [0, 0.05) is 24.3 Å². The summed E-state index contributed by atoms with van der Waals surface area (Å²) in [5, 5.41) is 5.91. The van der Waals surface area contributed by atoms with Crippen LogP contribution >= 0.6 is 23.2 Å². The Balaban J connectivity index is 2.27. The summed E-state index contributed by atoms with van der Waals surface area (Å²) in [6.07, 6.45) is -3.84. The molecule has 0 radical (unpaired) electrons. The summed E-state index contributed by atoms with van der Waals surface area (Å²) in [7, 11) is 3.77. The SMILES string of the molecule is CN(C)CC(C)(C)CNC(=O)c1cnc(Nc2ccc(Cl)cc2Cl)cc1C(F)(F)F. The highest BCUT2D eigenvalue weighted by Gasteiger charge is 2.36. The van der Waals surface area contributed by atoms with Gasteiger partial charge in [-0.25, -0.2) is 4.98 Å². The lowest BCUT2D eigenvalue weighted by atomic mass is 9.92. The van der Waals surface area contributed by atoms with E-state index in [0.717, 1.165) is 12.3 Å². The van der Waals surface area contributed by atoms with Crippen LogP contribution in [0.2, 0.25) is 10.0 Å². The monoisotopic (exact) mass is 462 g/mol. The van der Waals surface area contributed by atoms with Crippen molar-refractivity contribution in [2.45, 2.75) is 20.0 Å². The highest BCUT2D eigenvalue weighted by Crippen LogP contribution is 2.35. The standard InChI is InChI=1S/C20H23Cl2F3N4O/c1-19(2,11-29(3)4)10-27-18(30)13-9-26-17(8-14(13)20(23,24)25)28-16-6-5-12(21)7-15(16)22/h5-9H,10-11H2,1-4H3,(H,26,28)(H,27,30). The van der Waals surface area contributed by atoms with E-state index < -0.39 is 23.2 Å². The molecule has 0 aliphatic carbocycles. The highest BCUT2D eigenvalue weighted by molar-refractivity contribution is 6.36. The van der Waals surface area contributed by atoms with Crippen LogP contribution in [0.15, 0.2) is 30.5 Å². The van der Waals surface area contributed by atoms with Crippen LogP contribution in [0.1, 0.15) is 29.8 Å². The van der Waals surface area contributed by atoms with Gasteiger partial charge in [0.1, 0.15) is 5.82 Å². The molecule has 5 nitrogen and oxygen atoms in total. The van der Waals surface area contributed by atoms with E-state index in [4.69, 9.17) is 23.2 Å². The third-order valence-electron chi connectivity index (χ3n) is 4.12. The van der Waals surface area contributed by atoms with E-state index in [1.54, 1.807) is 0 Å². The largest absolute Gasteiger partial charge is 0.417 e. The zero-order valence-electron chi connectivity index (χ0n) is 17.0. The van der Waals surface area contributed by atoms with Crippen LogP contribution in [-0.4, -0.2) is 43.0 Å². The summed E-state index contributed by atoms with van der Waals surface area (Å²) in [5.74, 6) is -0.936. The summed E-state index contributed by atoms with van der Waals surface area (Å²) >= 11 is 11.9. The molecule has 0 fully saturated rings. The molecule has 2 aromatic rings. The lowest BCUT2D eigenvalue weighted by molar-refractivity contribution is -0.137. The van der Waals surface area contributed by atoms with E-state index in [2.05, 4.69) is 15.6 Å². The van der Waals surface area contributed by atoms with Crippen LogP contribution in [0.4, 0.5) is 24.7 Å². The number of hydrogen-bond donors (Lipinski definition) is 2. The minimum absolute atomic E-state index is 0.101. The van der Waals surface area contributed by atoms with Crippen molar-refractivity contribution in [3.8, 4) is 0 Å². The van der Waals surface area contributed by atoms with Gasteiger partial charge in [0.2, 0.25) is 0 Å². The smallest absolute Gasteiger partial charge is 0.351 e. The van der Waals surface area contributed by atoms with Crippen molar-refractivity contribution in [1.29, 1.82) is 0 Å². The Morgan fingerprint density at radius 3 is 2.40 bits per heavy atom. The van der Waals surface area contributed by atoms with Gasteiger partial charge in [-0.1, -0.05) is 37.0 Å². The first kappa shape index (κ1) is 24.2. The maximum Gasteiger partial charge on any atom is 0.417 e. The fourth-order valence-corrected chi connectivity index (χ4v) is 3.45. The van der Waals surface area contributed by atoms with E-state index in [1.807, 2.05) is 32.8 Å². The van der Waals surface area contributed by atoms with E-state index >= 15 is 0 Å². The Morgan fingerprint density at radius 1 is 1.17 bits per heavy atom. The minimum atomic E-state index is -4.74. The number of alkyl halides is 3. The van der Waals surface area contributed by atoms with Gasteiger partial charge in [0.25, 0.3) is 5.91 Å². The predicted octanol–water partition coefficient (Wildman–Crippen LogP) is 5.47. The van der Waals surface area contributed by atoms with Crippen molar-refractivity contribution in [3.05, 3.63) is 51.6 Å². The third kappa shape index (κ3) is 6.75. The molecule has 1 aromatic heterocycles. The maximum atomic E-state index is 13.6. The van der Waals surface area contributed by atoms with Gasteiger partial charge >= 0.3 is 6.18 Å². The number of nitrogens with zero attached hydrogens (tertiary/aromatic N) is 2. The molecular formula is C20H23Cl2F3N4O. The Bertz CT molecular complexity index is 917. The van der Waals surface area contributed by atoms with Crippen LogP contribution < -0.4 is 10.6 Å². The molecule has 1 heterocycles. The lowest BCUT2D eigenvalue weighted by Crippen LogP contribution is -2.40. The number of benzene rings is 1. The quantitative estimate of drug-likeness (QED) is 0.572. The van der Waals surface area contributed by atoms with Crippen LogP contribution in [0.5, 0.6) is 0 Å². The number of halogens is 5. The molecule has 0 aliphatic rings. The fourth-order valence-electron chi connectivity index (χ4n) is 2.99. The molecule has 1 amide bonds. The molecule has 30 heavy (non-hydrogen) atoms. The van der Waals surface area contributed by atoms with Crippen LogP contribution in [0, 0.1) is 5.41 Å². The molecule has 1 aromatic carbocycles. The van der Waals surface area contributed by atoms with Crippen LogP contribution in [-0.2, 0) is 6.18 Å². The molecule has 2 N–H and O–H groups in total. The van der Waals surface area contributed by atoms with Crippen molar-refractivity contribution >= 4 is 40.6 Å². The van der Waals surface area contributed by atoms with Crippen molar-refractivity contribution in [1.82, 2.24) is 15.2 Å². The number of nitrogens with one attached hydrogen (secondary N) is 2. The molecule has 2 rings (SSSR count). The van der Waals surface area contributed by atoms with E-state index in [0.29, 0.717) is 17.3 Å². The summed E-state index contributed by atoms with van der Waals surface area (Å²) in [4.78, 5) is 18.4. The van der Waals surface area contributed by atoms with Gasteiger partial charge in [0.15, 0.2) is 0 Å². The second-order valence-corrected chi connectivity index (χ2v) is 8.79. The van der Waals surface area contributed by atoms with Gasteiger partial charge in [-0.3, -0.25) is 4.79 Å². The van der Waals surface area contributed by atoms with Crippen molar-refractivity contribution in [3.63, 3.8) is 0 Å². The van der Waals surface area contributed by atoms with E-state index in [9.17, 15) is 18.0 Å². The predicted molar refractivity (Wildman–Crippen MR) is 114 cm³/mol. The number of carbonyl (C=O) groups excluding carboxylic acids is 1. The van der Waals surface area contributed by atoms with Gasteiger partial charge in [-0.2, -0.15) is 13.2 Å². The number of amides is 1. The highest BCUT2D eigenvalue weighted by atomic mass is 35.5. The topological polar surface area (TPSA) is 57.3 Å². The van der Waals surface area contributed by atoms with E-state index in [1.165, 1.54) is 18.2 Å². The third-order valence-corrected chi connectivity index (χ3v) is 4.67. The molecule has 164 valence electrons. The minimum Gasteiger partial charge on any atom is -0.351 e. The number of carbonyl (C=O) groups is 1. The zero-order chi connectivity index (χ0) is 22.7. The molecular weight excluding hydrogens is 440 g/mol. The Hall–Kier alpha value is -2.03. The van der Waals surface area contributed by atoms with Gasteiger partial charge < -0.3 is 15.5 Å². The second-order valence-electron chi connectivity index (χ2n) is 7.95. The van der Waals surface area contributed by atoms with Crippen molar-refractivity contribution in [2.75, 3.05) is 32.5 Å². The van der Waals surface area contributed by atoms with Crippen molar-refractivity contribution < 1.29 is 18.0 Å².